The summed E-state index contributed by atoms with van der Waals surface area (Å²) >= 11 is 0. The second kappa shape index (κ2) is 9.45. The average Bonchev–Trinajstić information content (AvgIpc) is 3.27. The Morgan fingerprint density at radius 3 is 2.48 bits per heavy atom. The number of likely N-dealkylation sites (N-methyl/N-ethyl adjacent to an activating group) is 1. The molecule has 0 saturated carbocycles. The van der Waals surface area contributed by atoms with E-state index in [2.05, 4.69) is 28.2 Å². The van der Waals surface area contributed by atoms with Gasteiger partial charge in [-0.2, -0.15) is 0 Å². The van der Waals surface area contributed by atoms with Crippen molar-refractivity contribution in [3.8, 4) is 23.0 Å². The molecule has 8 nitrogen and oxygen atoms in total. The second-order valence-corrected chi connectivity index (χ2v) is 7.75. The Balaban J connectivity index is 1.51. The highest BCUT2D eigenvalue weighted by molar-refractivity contribution is 5.94. The Bertz CT molecular complexity index is 927. The molecule has 2 heterocycles. The van der Waals surface area contributed by atoms with E-state index in [0.29, 0.717) is 23.6 Å². The van der Waals surface area contributed by atoms with Gasteiger partial charge in [0.25, 0.3) is 5.91 Å². The molecule has 2 aromatic carbocycles. The normalized spacial score (nSPS) is 17.3. The Hall–Kier alpha value is -2.97. The molecule has 31 heavy (non-hydrogen) atoms. The lowest BCUT2D eigenvalue weighted by Gasteiger charge is -2.38. The maximum atomic E-state index is 12.9. The molecule has 0 aliphatic carbocycles. The third kappa shape index (κ3) is 4.70. The first-order valence-corrected chi connectivity index (χ1v) is 10.4. The molecule has 2 aliphatic rings. The van der Waals surface area contributed by atoms with E-state index in [1.807, 2.05) is 12.1 Å². The monoisotopic (exact) mass is 427 g/mol. The molecule has 0 unspecified atom stereocenters. The first-order valence-electron chi connectivity index (χ1n) is 10.4. The summed E-state index contributed by atoms with van der Waals surface area (Å²) in [5.41, 5.74) is 1.63. The van der Waals surface area contributed by atoms with E-state index >= 15 is 0 Å². The van der Waals surface area contributed by atoms with Crippen molar-refractivity contribution in [3.05, 3.63) is 47.5 Å². The fourth-order valence-electron chi connectivity index (χ4n) is 3.98. The van der Waals surface area contributed by atoms with Crippen LogP contribution in [-0.2, 0) is 0 Å². The van der Waals surface area contributed by atoms with Crippen molar-refractivity contribution in [3.63, 3.8) is 0 Å². The molecule has 0 spiro atoms. The lowest BCUT2D eigenvalue weighted by atomic mass is 10.0. The molecule has 4 rings (SSSR count). The first-order chi connectivity index (χ1) is 15.1. The first kappa shape index (κ1) is 21.3. The number of fused-ring (bicyclic) bond motifs is 1. The smallest absolute Gasteiger partial charge is 0.251 e. The standard InChI is InChI=1S/C23H29N3O5/c1-25-8-10-26(11-9-25)18(16-4-7-20-22(12-16)31-15-30-20)14-24-23(27)17-5-6-19(28-2)21(13-17)29-3/h4-7,12-13,18H,8-11,14-15H2,1-3H3,(H,24,27)/t18-/m1/s1. The molecule has 2 aliphatic heterocycles. The average molecular weight is 428 g/mol. The number of methoxy groups -OCH3 is 2. The molecular weight excluding hydrogens is 398 g/mol. The SMILES string of the molecule is COc1ccc(C(=O)NC[C@H](c2ccc3c(c2)OCO3)N2CCN(C)CC2)cc1OC. The number of carbonyl (C=O) groups is 1. The Morgan fingerprint density at radius 2 is 1.74 bits per heavy atom. The molecule has 1 saturated heterocycles. The van der Waals surface area contributed by atoms with E-state index in [-0.39, 0.29) is 18.7 Å². The fourth-order valence-corrected chi connectivity index (χ4v) is 3.98. The van der Waals surface area contributed by atoms with Crippen molar-refractivity contribution in [2.75, 3.05) is 60.8 Å². The van der Waals surface area contributed by atoms with Gasteiger partial charge in [0.2, 0.25) is 6.79 Å². The van der Waals surface area contributed by atoms with Crippen LogP contribution in [0, 0.1) is 0 Å². The molecule has 0 radical (unpaired) electrons. The van der Waals surface area contributed by atoms with E-state index in [9.17, 15) is 4.79 Å². The van der Waals surface area contributed by atoms with Crippen LogP contribution in [0.15, 0.2) is 36.4 Å². The van der Waals surface area contributed by atoms with Crippen molar-refractivity contribution in [2.24, 2.45) is 0 Å². The summed E-state index contributed by atoms with van der Waals surface area (Å²) in [6.45, 7) is 4.57. The van der Waals surface area contributed by atoms with Gasteiger partial charge in [-0.1, -0.05) is 6.07 Å². The molecule has 166 valence electrons. The summed E-state index contributed by atoms with van der Waals surface area (Å²) in [6, 6.07) is 11.2. The summed E-state index contributed by atoms with van der Waals surface area (Å²) in [5, 5.41) is 3.10. The molecule has 8 heteroatoms. The van der Waals surface area contributed by atoms with Gasteiger partial charge in [0.1, 0.15) is 0 Å². The minimum absolute atomic E-state index is 0.0345. The van der Waals surface area contributed by atoms with Gasteiger partial charge in [0.05, 0.1) is 20.3 Å². The lowest BCUT2D eigenvalue weighted by Crippen LogP contribution is -2.48. The van der Waals surface area contributed by atoms with Crippen LogP contribution in [0.5, 0.6) is 23.0 Å². The van der Waals surface area contributed by atoms with Crippen molar-refractivity contribution in [1.29, 1.82) is 0 Å². The van der Waals surface area contributed by atoms with Crippen LogP contribution in [0.2, 0.25) is 0 Å². The molecule has 1 N–H and O–H groups in total. The largest absolute Gasteiger partial charge is 0.493 e. The summed E-state index contributed by atoms with van der Waals surface area (Å²) in [7, 11) is 5.26. The predicted molar refractivity (Wildman–Crippen MR) is 116 cm³/mol. The Kier molecular flexibility index (Phi) is 6.48. The highest BCUT2D eigenvalue weighted by Gasteiger charge is 2.26. The highest BCUT2D eigenvalue weighted by atomic mass is 16.7. The number of amides is 1. The zero-order chi connectivity index (χ0) is 21.8. The van der Waals surface area contributed by atoms with Gasteiger partial charge in [-0.15, -0.1) is 0 Å². The zero-order valence-electron chi connectivity index (χ0n) is 18.2. The van der Waals surface area contributed by atoms with E-state index in [1.165, 1.54) is 0 Å². The summed E-state index contributed by atoms with van der Waals surface area (Å²) in [5.74, 6) is 2.48. The van der Waals surface area contributed by atoms with Crippen LogP contribution >= 0.6 is 0 Å². The molecular formula is C23H29N3O5. The number of carbonyl (C=O) groups excluding carboxylic acids is 1. The zero-order valence-corrected chi connectivity index (χ0v) is 18.2. The number of benzene rings is 2. The summed E-state index contributed by atoms with van der Waals surface area (Å²) < 4.78 is 21.6. The molecule has 1 amide bonds. The summed E-state index contributed by atoms with van der Waals surface area (Å²) in [4.78, 5) is 17.6. The molecule has 0 aromatic heterocycles. The number of hydrogen-bond acceptors (Lipinski definition) is 7. The Morgan fingerprint density at radius 1 is 1.00 bits per heavy atom. The minimum atomic E-state index is -0.152. The van der Waals surface area contributed by atoms with Crippen LogP contribution < -0.4 is 24.3 Å². The fraction of sp³-hybridized carbons (Fsp3) is 0.435. The van der Waals surface area contributed by atoms with Gasteiger partial charge < -0.3 is 29.2 Å². The van der Waals surface area contributed by atoms with Gasteiger partial charge in [-0.25, -0.2) is 0 Å². The van der Waals surface area contributed by atoms with Crippen LogP contribution in [-0.4, -0.2) is 76.5 Å². The van der Waals surface area contributed by atoms with Crippen molar-refractivity contribution in [2.45, 2.75) is 6.04 Å². The second-order valence-electron chi connectivity index (χ2n) is 7.75. The maximum absolute atomic E-state index is 12.9. The number of nitrogens with one attached hydrogen (secondary N) is 1. The number of rotatable bonds is 7. The molecule has 2 aromatic rings. The topological polar surface area (TPSA) is 72.5 Å². The quantitative estimate of drug-likeness (QED) is 0.726. The highest BCUT2D eigenvalue weighted by Crippen LogP contribution is 2.35. The van der Waals surface area contributed by atoms with Crippen molar-refractivity contribution < 1.29 is 23.7 Å². The maximum Gasteiger partial charge on any atom is 0.251 e. The number of piperazine rings is 1. The van der Waals surface area contributed by atoms with Crippen LogP contribution in [0.3, 0.4) is 0 Å². The van der Waals surface area contributed by atoms with Gasteiger partial charge in [-0.3, -0.25) is 9.69 Å². The van der Waals surface area contributed by atoms with Gasteiger partial charge in [0.15, 0.2) is 23.0 Å². The van der Waals surface area contributed by atoms with Gasteiger partial charge in [-0.05, 0) is 42.9 Å². The van der Waals surface area contributed by atoms with Crippen molar-refractivity contribution in [1.82, 2.24) is 15.1 Å². The van der Waals surface area contributed by atoms with E-state index in [0.717, 1.165) is 43.2 Å². The summed E-state index contributed by atoms with van der Waals surface area (Å²) in [6.07, 6.45) is 0. The number of nitrogens with zero attached hydrogens (tertiary/aromatic N) is 2. The van der Waals surface area contributed by atoms with Gasteiger partial charge >= 0.3 is 0 Å². The van der Waals surface area contributed by atoms with Crippen LogP contribution in [0.25, 0.3) is 0 Å². The van der Waals surface area contributed by atoms with Gasteiger partial charge in [0, 0.05) is 38.3 Å². The lowest BCUT2D eigenvalue weighted by molar-refractivity contribution is 0.0885. The van der Waals surface area contributed by atoms with Crippen LogP contribution in [0.4, 0.5) is 0 Å². The van der Waals surface area contributed by atoms with E-state index in [4.69, 9.17) is 18.9 Å². The molecule has 1 atom stereocenters. The van der Waals surface area contributed by atoms with E-state index < -0.39 is 0 Å². The third-order valence-electron chi connectivity index (χ3n) is 5.86. The van der Waals surface area contributed by atoms with Crippen molar-refractivity contribution >= 4 is 5.91 Å². The van der Waals surface area contributed by atoms with Crippen LogP contribution in [0.1, 0.15) is 22.0 Å². The van der Waals surface area contributed by atoms with E-state index in [1.54, 1.807) is 32.4 Å². The number of ether oxygens (including phenoxy) is 4. The number of hydrogen-bond donors (Lipinski definition) is 1. The Labute approximate surface area is 182 Å². The molecule has 1 fully saturated rings. The molecule has 0 bridgehead atoms. The minimum Gasteiger partial charge on any atom is -0.493 e. The predicted octanol–water partition coefficient (Wildman–Crippen LogP) is 2.15. The third-order valence-corrected chi connectivity index (χ3v) is 5.86.